The predicted octanol–water partition coefficient (Wildman–Crippen LogP) is 1.51. The Morgan fingerprint density at radius 2 is 1.92 bits per heavy atom. The van der Waals surface area contributed by atoms with E-state index < -0.39 is 27.0 Å². The van der Waals surface area contributed by atoms with Crippen molar-refractivity contribution in [3.05, 3.63) is 58.6 Å². The fourth-order valence-electron chi connectivity index (χ4n) is 4.51. The third-order valence-electron chi connectivity index (χ3n) is 6.74. The highest BCUT2D eigenvalue weighted by Gasteiger charge is 2.40. The number of benzene rings is 1. The molecule has 4 rings (SSSR count). The van der Waals surface area contributed by atoms with Crippen molar-refractivity contribution in [2.45, 2.75) is 37.6 Å². The molecule has 10 nitrogen and oxygen atoms in total. The number of aromatic nitrogens is 1. The number of hydrogen-bond acceptors (Lipinski definition) is 7. The van der Waals surface area contributed by atoms with Gasteiger partial charge >= 0.3 is 0 Å². The molecular formula is C23H28ClFN6O4S. The zero-order valence-electron chi connectivity index (χ0n) is 19.7. The summed E-state index contributed by atoms with van der Waals surface area (Å²) in [6, 6.07) is 7.06. The second-order valence-corrected chi connectivity index (χ2v) is 11.5. The van der Waals surface area contributed by atoms with Crippen LogP contribution in [-0.2, 0) is 21.4 Å². The SMILES string of the molecule is CC(=O)N1CC(N2CCC(S(=O)(=O)N(Cc3ccc(C(=O)NN)cn3)c3ccc(F)c(Cl)c3)CC2)C1. The average Bonchev–Trinajstić information content (AvgIpc) is 2.83. The van der Waals surface area contributed by atoms with E-state index in [0.717, 1.165) is 6.07 Å². The summed E-state index contributed by atoms with van der Waals surface area (Å²) < 4.78 is 42.7. The van der Waals surface area contributed by atoms with Gasteiger partial charge in [-0.25, -0.2) is 18.7 Å². The van der Waals surface area contributed by atoms with Gasteiger partial charge in [0.25, 0.3) is 5.91 Å². The van der Waals surface area contributed by atoms with Gasteiger partial charge in [0.15, 0.2) is 0 Å². The van der Waals surface area contributed by atoms with Gasteiger partial charge in [-0.3, -0.25) is 29.2 Å². The molecule has 36 heavy (non-hydrogen) atoms. The van der Waals surface area contributed by atoms with E-state index in [2.05, 4.69) is 9.88 Å². The molecule has 0 bridgehead atoms. The number of hydrazine groups is 1. The first kappa shape index (κ1) is 26.3. The van der Waals surface area contributed by atoms with Crippen LogP contribution in [0.3, 0.4) is 0 Å². The predicted molar refractivity (Wildman–Crippen MR) is 133 cm³/mol. The number of hydrogen-bond donors (Lipinski definition) is 2. The lowest BCUT2D eigenvalue weighted by Gasteiger charge is -2.47. The van der Waals surface area contributed by atoms with Crippen LogP contribution in [0.1, 0.15) is 35.8 Å². The number of likely N-dealkylation sites (tertiary alicyclic amines) is 2. The van der Waals surface area contributed by atoms with Gasteiger partial charge in [0.1, 0.15) is 5.82 Å². The van der Waals surface area contributed by atoms with Crippen molar-refractivity contribution in [1.82, 2.24) is 20.2 Å². The van der Waals surface area contributed by atoms with Crippen LogP contribution < -0.4 is 15.6 Å². The molecule has 13 heteroatoms. The summed E-state index contributed by atoms with van der Waals surface area (Å²) in [5, 5.41) is -0.839. The van der Waals surface area contributed by atoms with E-state index in [4.69, 9.17) is 17.4 Å². The molecule has 2 aliphatic rings. The summed E-state index contributed by atoms with van der Waals surface area (Å²) in [5.74, 6) is 4.02. The van der Waals surface area contributed by atoms with E-state index in [1.165, 1.54) is 34.8 Å². The number of sulfonamides is 1. The van der Waals surface area contributed by atoms with Crippen molar-refractivity contribution >= 4 is 39.1 Å². The summed E-state index contributed by atoms with van der Waals surface area (Å²) in [5.41, 5.74) is 2.86. The maximum absolute atomic E-state index is 13.8. The molecule has 0 unspecified atom stereocenters. The molecular weight excluding hydrogens is 511 g/mol. The number of amides is 2. The quantitative estimate of drug-likeness (QED) is 0.310. The Labute approximate surface area is 214 Å². The third kappa shape index (κ3) is 5.46. The maximum atomic E-state index is 13.8. The second-order valence-electron chi connectivity index (χ2n) is 8.97. The average molecular weight is 539 g/mol. The topological polar surface area (TPSA) is 129 Å². The molecule has 2 aromatic rings. The van der Waals surface area contributed by atoms with Crippen LogP contribution >= 0.6 is 11.6 Å². The largest absolute Gasteiger partial charge is 0.340 e. The Balaban J connectivity index is 1.53. The van der Waals surface area contributed by atoms with E-state index >= 15 is 0 Å². The molecule has 0 atom stereocenters. The van der Waals surface area contributed by atoms with Crippen molar-refractivity contribution < 1.29 is 22.4 Å². The monoisotopic (exact) mass is 538 g/mol. The van der Waals surface area contributed by atoms with Crippen LogP contribution in [0.4, 0.5) is 10.1 Å². The van der Waals surface area contributed by atoms with E-state index in [1.807, 2.05) is 5.43 Å². The first-order chi connectivity index (χ1) is 17.1. The van der Waals surface area contributed by atoms with Crippen molar-refractivity contribution in [2.75, 3.05) is 30.5 Å². The third-order valence-corrected chi connectivity index (χ3v) is 9.30. The van der Waals surface area contributed by atoms with Gasteiger partial charge in [0.05, 0.1) is 33.8 Å². The first-order valence-electron chi connectivity index (χ1n) is 11.5. The molecule has 1 aromatic heterocycles. The smallest absolute Gasteiger partial charge is 0.266 e. The summed E-state index contributed by atoms with van der Waals surface area (Å²) in [6.07, 6.45) is 2.15. The van der Waals surface area contributed by atoms with Gasteiger partial charge < -0.3 is 4.90 Å². The zero-order valence-corrected chi connectivity index (χ0v) is 21.3. The standard InChI is InChI=1S/C23H28ClFN6O4S/c1-15(32)30-13-19(14-30)29-8-6-20(7-9-29)36(34,35)31(18-4-5-22(25)21(24)10-18)12-17-3-2-16(11-27-17)23(33)28-26/h2-5,10-11,19-20H,6-9,12-14,26H2,1H3,(H,28,33). The van der Waals surface area contributed by atoms with Crippen molar-refractivity contribution in [3.8, 4) is 0 Å². The zero-order chi connectivity index (χ0) is 26.0. The molecule has 0 radical (unpaired) electrons. The number of piperidine rings is 1. The number of anilines is 1. The summed E-state index contributed by atoms with van der Waals surface area (Å²) in [6.45, 7) is 3.94. The number of nitrogens with two attached hydrogens (primary N) is 1. The highest BCUT2D eigenvalue weighted by molar-refractivity contribution is 7.93. The van der Waals surface area contributed by atoms with Crippen LogP contribution in [-0.4, -0.2) is 72.5 Å². The Morgan fingerprint density at radius 1 is 1.22 bits per heavy atom. The van der Waals surface area contributed by atoms with Gasteiger partial charge in [0.2, 0.25) is 15.9 Å². The Morgan fingerprint density at radius 3 is 2.47 bits per heavy atom. The normalized spacial score (nSPS) is 17.5. The van der Waals surface area contributed by atoms with E-state index in [-0.39, 0.29) is 34.8 Å². The number of nitrogens with one attached hydrogen (secondary N) is 1. The van der Waals surface area contributed by atoms with E-state index in [1.54, 1.807) is 11.8 Å². The molecule has 3 heterocycles. The van der Waals surface area contributed by atoms with Gasteiger partial charge in [-0.05, 0) is 56.3 Å². The van der Waals surface area contributed by atoms with Crippen molar-refractivity contribution in [2.24, 2.45) is 5.84 Å². The highest BCUT2D eigenvalue weighted by Crippen LogP contribution is 2.31. The molecule has 0 saturated carbocycles. The van der Waals surface area contributed by atoms with E-state index in [9.17, 15) is 22.4 Å². The number of rotatable bonds is 7. The Kier molecular flexibility index (Phi) is 7.79. The number of carbonyl (C=O) groups excluding carboxylic acids is 2. The minimum Gasteiger partial charge on any atom is -0.340 e. The fourth-order valence-corrected chi connectivity index (χ4v) is 6.57. The fraction of sp³-hybridized carbons (Fsp3) is 0.435. The minimum absolute atomic E-state index is 0.0441. The molecule has 3 N–H and O–H groups in total. The molecule has 0 spiro atoms. The Hall–Kier alpha value is -2.80. The lowest BCUT2D eigenvalue weighted by atomic mass is 10.0. The van der Waals surface area contributed by atoms with Crippen LogP contribution in [0.5, 0.6) is 0 Å². The van der Waals surface area contributed by atoms with Crippen LogP contribution in [0.25, 0.3) is 0 Å². The van der Waals surface area contributed by atoms with Gasteiger partial charge in [-0.2, -0.15) is 0 Å². The van der Waals surface area contributed by atoms with Crippen LogP contribution in [0.2, 0.25) is 5.02 Å². The molecule has 2 saturated heterocycles. The van der Waals surface area contributed by atoms with Gasteiger partial charge in [0, 0.05) is 32.3 Å². The Bertz CT molecular complexity index is 1230. The first-order valence-corrected chi connectivity index (χ1v) is 13.4. The molecule has 2 amide bonds. The maximum Gasteiger partial charge on any atom is 0.266 e. The van der Waals surface area contributed by atoms with Crippen molar-refractivity contribution in [3.63, 3.8) is 0 Å². The second kappa shape index (κ2) is 10.7. The highest BCUT2D eigenvalue weighted by atomic mass is 35.5. The molecule has 1 aromatic carbocycles. The number of nitrogens with zero attached hydrogens (tertiary/aromatic N) is 4. The summed E-state index contributed by atoms with van der Waals surface area (Å²) in [4.78, 5) is 31.4. The molecule has 2 fully saturated rings. The number of pyridine rings is 1. The minimum atomic E-state index is -3.88. The van der Waals surface area contributed by atoms with E-state index in [0.29, 0.717) is 44.7 Å². The van der Waals surface area contributed by atoms with Crippen LogP contribution in [0.15, 0.2) is 36.5 Å². The van der Waals surface area contributed by atoms with Crippen molar-refractivity contribution in [1.29, 1.82) is 0 Å². The number of nitrogen functional groups attached to an aromatic ring is 1. The molecule has 0 aliphatic carbocycles. The molecule has 2 aliphatic heterocycles. The van der Waals surface area contributed by atoms with Crippen LogP contribution in [0, 0.1) is 5.82 Å². The summed E-state index contributed by atoms with van der Waals surface area (Å²) in [7, 11) is -3.88. The lowest BCUT2D eigenvalue weighted by molar-refractivity contribution is -0.136. The molecule has 194 valence electrons. The summed E-state index contributed by atoms with van der Waals surface area (Å²) >= 11 is 5.98. The van der Waals surface area contributed by atoms with Gasteiger partial charge in [-0.1, -0.05) is 11.6 Å². The number of halogens is 2. The van der Waals surface area contributed by atoms with Gasteiger partial charge in [-0.15, -0.1) is 0 Å². The number of carbonyl (C=O) groups is 2. The lowest BCUT2D eigenvalue weighted by Crippen LogP contribution is -2.62.